The van der Waals surface area contributed by atoms with Crippen LogP contribution in [0.5, 0.6) is 5.75 Å². The number of carbonyl (C=O) groups is 1. The van der Waals surface area contributed by atoms with Gasteiger partial charge in [-0.05, 0) is 36.6 Å². The van der Waals surface area contributed by atoms with Gasteiger partial charge in [-0.15, -0.1) is 0 Å². The highest BCUT2D eigenvalue weighted by Gasteiger charge is 2.14. The molecule has 0 heterocycles. The van der Waals surface area contributed by atoms with Crippen LogP contribution in [0.2, 0.25) is 0 Å². The lowest BCUT2D eigenvalue weighted by Crippen LogP contribution is -2.07. The highest BCUT2D eigenvalue weighted by atomic mass is 16.5. The third-order valence-corrected chi connectivity index (χ3v) is 4.42. The Balaban J connectivity index is 2.11. The van der Waals surface area contributed by atoms with E-state index in [0.717, 1.165) is 30.4 Å². The van der Waals surface area contributed by atoms with Gasteiger partial charge in [0.2, 0.25) is 0 Å². The summed E-state index contributed by atoms with van der Waals surface area (Å²) in [5.41, 5.74) is 2.60. The summed E-state index contributed by atoms with van der Waals surface area (Å²) >= 11 is 0. The number of aliphatic hydroxyl groups is 1. The molecular weight excluding hydrogens is 316 g/mol. The number of hydrogen-bond donors (Lipinski definition) is 2. The fraction of sp³-hybridized carbons (Fsp3) is 0.381. The van der Waals surface area contributed by atoms with Gasteiger partial charge in [-0.25, -0.2) is 4.79 Å². The number of aromatic carboxylic acids is 1. The summed E-state index contributed by atoms with van der Waals surface area (Å²) in [4.78, 5) is 11.2. The van der Waals surface area contributed by atoms with Gasteiger partial charge in [0.1, 0.15) is 12.4 Å². The molecule has 0 spiro atoms. The van der Waals surface area contributed by atoms with Crippen LogP contribution in [0.4, 0.5) is 0 Å². The van der Waals surface area contributed by atoms with E-state index >= 15 is 0 Å². The number of benzene rings is 2. The molecule has 2 aromatic rings. The molecule has 0 aliphatic rings. The monoisotopic (exact) mass is 342 g/mol. The fourth-order valence-electron chi connectivity index (χ4n) is 2.86. The predicted octanol–water partition coefficient (Wildman–Crippen LogP) is 4.89. The fourth-order valence-corrected chi connectivity index (χ4v) is 2.86. The van der Waals surface area contributed by atoms with E-state index in [-0.39, 0.29) is 12.2 Å². The third-order valence-electron chi connectivity index (χ3n) is 4.42. The van der Waals surface area contributed by atoms with Crippen molar-refractivity contribution in [3.8, 4) is 5.75 Å². The van der Waals surface area contributed by atoms with Crippen molar-refractivity contribution in [1.82, 2.24) is 0 Å². The van der Waals surface area contributed by atoms with Gasteiger partial charge in [-0.2, -0.15) is 0 Å². The molecule has 0 radical (unpaired) electrons. The van der Waals surface area contributed by atoms with Crippen LogP contribution in [0, 0.1) is 6.92 Å². The molecule has 2 rings (SSSR count). The molecule has 0 aliphatic heterocycles. The highest BCUT2D eigenvalue weighted by Crippen LogP contribution is 2.29. The lowest BCUT2D eigenvalue weighted by molar-refractivity contribution is 0.0696. The summed E-state index contributed by atoms with van der Waals surface area (Å²) in [5, 5.41) is 19.7. The number of hydrogen-bond acceptors (Lipinski definition) is 3. The first-order valence-electron chi connectivity index (χ1n) is 8.76. The van der Waals surface area contributed by atoms with E-state index in [0.29, 0.717) is 17.7 Å². The molecule has 0 aromatic heterocycles. The van der Waals surface area contributed by atoms with Crippen LogP contribution in [0.3, 0.4) is 0 Å². The van der Waals surface area contributed by atoms with Crippen molar-refractivity contribution in [3.05, 3.63) is 64.7 Å². The quantitative estimate of drug-likeness (QED) is 0.637. The second-order valence-corrected chi connectivity index (χ2v) is 6.23. The summed E-state index contributed by atoms with van der Waals surface area (Å²) in [6, 6.07) is 12.7. The molecule has 2 aromatic carbocycles. The van der Waals surface area contributed by atoms with E-state index in [1.807, 2.05) is 30.3 Å². The molecule has 0 saturated carbocycles. The van der Waals surface area contributed by atoms with Gasteiger partial charge in [-0.1, -0.05) is 56.5 Å². The Kier molecular flexibility index (Phi) is 7.02. The molecule has 4 nitrogen and oxygen atoms in total. The van der Waals surface area contributed by atoms with Crippen molar-refractivity contribution < 1.29 is 19.7 Å². The van der Waals surface area contributed by atoms with Crippen LogP contribution < -0.4 is 4.74 Å². The normalized spacial score (nSPS) is 12.0. The second kappa shape index (κ2) is 9.23. The van der Waals surface area contributed by atoms with E-state index in [1.54, 1.807) is 19.1 Å². The Labute approximate surface area is 149 Å². The Morgan fingerprint density at radius 2 is 1.88 bits per heavy atom. The molecule has 0 fully saturated rings. The molecule has 1 atom stereocenters. The topological polar surface area (TPSA) is 66.8 Å². The van der Waals surface area contributed by atoms with Crippen LogP contribution in [0.15, 0.2) is 42.5 Å². The molecule has 0 bridgehead atoms. The standard InChI is InChI=1S/C21H26O4/c1-3-4-5-12-19(22)18-10-6-7-13-20(18)25-14-16-9-8-11-17(15(16)2)21(23)24/h6-11,13,19,22H,3-5,12,14H2,1-2H3,(H,23,24). The van der Waals surface area contributed by atoms with E-state index < -0.39 is 12.1 Å². The molecule has 0 amide bonds. The Morgan fingerprint density at radius 3 is 2.60 bits per heavy atom. The van der Waals surface area contributed by atoms with Crippen LogP contribution in [-0.4, -0.2) is 16.2 Å². The minimum Gasteiger partial charge on any atom is -0.489 e. The SMILES string of the molecule is CCCCCC(O)c1ccccc1OCc1cccc(C(=O)O)c1C. The Hall–Kier alpha value is -2.33. The highest BCUT2D eigenvalue weighted by molar-refractivity contribution is 5.89. The first kappa shape index (κ1) is 19.0. The summed E-state index contributed by atoms with van der Waals surface area (Å²) in [6.07, 6.45) is 3.35. The predicted molar refractivity (Wildman–Crippen MR) is 98.0 cm³/mol. The number of rotatable bonds is 9. The number of carboxylic acid groups (broad SMARTS) is 1. The maximum atomic E-state index is 11.2. The summed E-state index contributed by atoms with van der Waals surface area (Å²) < 4.78 is 5.91. The van der Waals surface area contributed by atoms with Crippen LogP contribution in [0.25, 0.3) is 0 Å². The maximum Gasteiger partial charge on any atom is 0.335 e. The van der Waals surface area contributed by atoms with Gasteiger partial charge in [0, 0.05) is 5.56 Å². The van der Waals surface area contributed by atoms with Crippen molar-refractivity contribution in [2.45, 2.75) is 52.2 Å². The van der Waals surface area contributed by atoms with E-state index in [2.05, 4.69) is 6.92 Å². The summed E-state index contributed by atoms with van der Waals surface area (Å²) in [7, 11) is 0. The van der Waals surface area contributed by atoms with Crippen molar-refractivity contribution >= 4 is 5.97 Å². The van der Waals surface area contributed by atoms with Crippen LogP contribution >= 0.6 is 0 Å². The zero-order valence-electron chi connectivity index (χ0n) is 14.9. The number of para-hydroxylation sites is 1. The lowest BCUT2D eigenvalue weighted by Gasteiger charge is -2.17. The molecule has 134 valence electrons. The molecule has 4 heteroatoms. The smallest absolute Gasteiger partial charge is 0.335 e. The summed E-state index contributed by atoms with van der Waals surface area (Å²) in [6.45, 7) is 4.19. The maximum absolute atomic E-state index is 11.2. The Bertz CT molecular complexity index is 709. The van der Waals surface area contributed by atoms with Gasteiger partial charge < -0.3 is 14.9 Å². The zero-order chi connectivity index (χ0) is 18.2. The van der Waals surface area contributed by atoms with Gasteiger partial charge in [0.25, 0.3) is 0 Å². The molecule has 0 aliphatic carbocycles. The number of carboxylic acids is 1. The molecule has 2 N–H and O–H groups in total. The third kappa shape index (κ3) is 5.07. The first-order chi connectivity index (χ1) is 12.0. The first-order valence-corrected chi connectivity index (χ1v) is 8.76. The molecule has 0 saturated heterocycles. The average Bonchev–Trinajstić information content (AvgIpc) is 2.61. The van der Waals surface area contributed by atoms with Crippen LogP contribution in [0.1, 0.15) is 65.8 Å². The summed E-state index contributed by atoms with van der Waals surface area (Å²) in [5.74, 6) is -0.294. The number of unbranched alkanes of at least 4 members (excludes halogenated alkanes) is 2. The van der Waals surface area contributed by atoms with Gasteiger partial charge in [0.05, 0.1) is 11.7 Å². The van der Waals surface area contributed by atoms with Crippen molar-refractivity contribution in [3.63, 3.8) is 0 Å². The number of aliphatic hydroxyl groups excluding tert-OH is 1. The van der Waals surface area contributed by atoms with Gasteiger partial charge in [0.15, 0.2) is 0 Å². The van der Waals surface area contributed by atoms with Crippen molar-refractivity contribution in [1.29, 1.82) is 0 Å². The average molecular weight is 342 g/mol. The van der Waals surface area contributed by atoms with Crippen LogP contribution in [-0.2, 0) is 6.61 Å². The lowest BCUT2D eigenvalue weighted by atomic mass is 10.0. The zero-order valence-corrected chi connectivity index (χ0v) is 14.9. The second-order valence-electron chi connectivity index (χ2n) is 6.23. The molecule has 25 heavy (non-hydrogen) atoms. The minimum absolute atomic E-state index is 0.269. The Morgan fingerprint density at radius 1 is 1.12 bits per heavy atom. The number of ether oxygens (including phenoxy) is 1. The van der Waals surface area contributed by atoms with E-state index in [1.165, 1.54) is 0 Å². The van der Waals surface area contributed by atoms with E-state index in [9.17, 15) is 15.0 Å². The van der Waals surface area contributed by atoms with E-state index in [4.69, 9.17) is 4.74 Å². The molecule has 1 unspecified atom stereocenters. The molecular formula is C21H26O4. The van der Waals surface area contributed by atoms with Crippen molar-refractivity contribution in [2.24, 2.45) is 0 Å². The minimum atomic E-state index is -0.939. The van der Waals surface area contributed by atoms with Crippen molar-refractivity contribution in [2.75, 3.05) is 0 Å². The largest absolute Gasteiger partial charge is 0.489 e. The van der Waals surface area contributed by atoms with Gasteiger partial charge >= 0.3 is 5.97 Å². The van der Waals surface area contributed by atoms with Gasteiger partial charge in [-0.3, -0.25) is 0 Å².